The zero-order chi connectivity index (χ0) is 48.0. The van der Waals surface area contributed by atoms with E-state index < -0.39 is 11.5 Å². The van der Waals surface area contributed by atoms with Crippen molar-refractivity contribution in [1.29, 1.82) is 0 Å². The maximum absolute atomic E-state index is 13.6. The minimum absolute atomic E-state index is 0.0303. The van der Waals surface area contributed by atoms with Crippen molar-refractivity contribution in [1.82, 2.24) is 40.2 Å². The number of ketones is 3. The van der Waals surface area contributed by atoms with Gasteiger partial charge in [-0.1, -0.05) is 22.4 Å². The van der Waals surface area contributed by atoms with Crippen LogP contribution in [0.2, 0.25) is 0 Å². The third kappa shape index (κ3) is 7.71. The van der Waals surface area contributed by atoms with Gasteiger partial charge in [-0.3, -0.25) is 24.4 Å². The van der Waals surface area contributed by atoms with E-state index in [-0.39, 0.29) is 23.4 Å². The molecule has 8 aromatic rings. The number of aromatic nitrogens is 8. The highest BCUT2D eigenvalue weighted by Gasteiger charge is 2.58. The van der Waals surface area contributed by atoms with Crippen molar-refractivity contribution in [3.05, 3.63) is 130 Å². The molecule has 6 saturated carbocycles. The van der Waals surface area contributed by atoms with Gasteiger partial charge >= 0.3 is 0 Å². The molecule has 0 aliphatic heterocycles. The molecule has 2 aromatic carbocycles. The maximum atomic E-state index is 13.6. The Morgan fingerprint density at radius 3 is 1.77 bits per heavy atom. The minimum Gasteiger partial charge on any atom is -0.378 e. The van der Waals surface area contributed by atoms with E-state index in [4.69, 9.17) is 19.0 Å². The lowest BCUT2D eigenvalue weighted by atomic mass is 9.69. The first-order valence-electron chi connectivity index (χ1n) is 25.0. The molecule has 6 unspecified atom stereocenters. The minimum atomic E-state index is -1.58. The van der Waals surface area contributed by atoms with Crippen LogP contribution in [0.25, 0.3) is 44.3 Å². The lowest BCUT2D eigenvalue weighted by Crippen LogP contribution is -2.44. The first-order valence-corrected chi connectivity index (χ1v) is 25.0. The van der Waals surface area contributed by atoms with E-state index in [1.54, 1.807) is 24.5 Å². The average molecular weight is 937 g/mol. The maximum Gasteiger partial charge on any atom is 0.213 e. The second-order valence-electron chi connectivity index (χ2n) is 20.8. The largest absolute Gasteiger partial charge is 0.378 e. The van der Waals surface area contributed by atoms with Gasteiger partial charge in [0.25, 0.3) is 0 Å². The number of fused-ring (bicyclic) bond motifs is 6. The van der Waals surface area contributed by atoms with E-state index in [1.165, 1.54) is 19.3 Å². The highest BCUT2D eigenvalue weighted by atomic mass is 16.5. The predicted octanol–water partition coefficient (Wildman–Crippen LogP) is 10.7. The molecule has 6 fully saturated rings. The van der Waals surface area contributed by atoms with Crippen molar-refractivity contribution in [2.24, 2.45) is 29.6 Å². The number of Topliss-reactive ketones (excluding diaryl/α,β-unsaturated/α-hetero) is 2. The molecule has 6 atom stereocenters. The molecule has 4 bridgehead atoms. The summed E-state index contributed by atoms with van der Waals surface area (Å²) >= 11 is 0. The number of carbonyl (C=O) groups excluding carboxylic acids is 3. The van der Waals surface area contributed by atoms with Crippen LogP contribution < -0.4 is 0 Å². The molecule has 0 saturated heterocycles. The van der Waals surface area contributed by atoms with Crippen molar-refractivity contribution in [2.75, 3.05) is 0 Å². The number of aryl methyl sites for hydroxylation is 4. The monoisotopic (exact) mass is 936 g/mol. The highest BCUT2D eigenvalue weighted by Crippen LogP contribution is 2.56. The number of H-pyrrole nitrogens is 2. The molecule has 3 N–H and O–H groups in total. The van der Waals surface area contributed by atoms with Crippen molar-refractivity contribution in [3.63, 3.8) is 0 Å². The van der Waals surface area contributed by atoms with Crippen molar-refractivity contribution >= 4 is 39.4 Å². The summed E-state index contributed by atoms with van der Waals surface area (Å²) in [5, 5.41) is 21.0. The molecule has 14 heteroatoms. The summed E-state index contributed by atoms with van der Waals surface area (Å²) in [6.07, 6.45) is 15.2. The smallest absolute Gasteiger partial charge is 0.213 e. The summed E-state index contributed by atoms with van der Waals surface area (Å²) in [6, 6.07) is 18.8. The molecule has 0 amide bonds. The molecule has 6 aromatic heterocycles. The Labute approximate surface area is 404 Å². The van der Waals surface area contributed by atoms with E-state index in [2.05, 4.69) is 36.3 Å². The van der Waals surface area contributed by atoms with Gasteiger partial charge in [0.15, 0.2) is 0 Å². The molecule has 0 radical (unpaired) electrons. The number of imidazole rings is 2. The Morgan fingerprint density at radius 1 is 0.671 bits per heavy atom. The first-order chi connectivity index (χ1) is 33.9. The molecule has 70 heavy (non-hydrogen) atoms. The molecule has 14 nitrogen and oxygen atoms in total. The van der Waals surface area contributed by atoms with Crippen LogP contribution in [0.15, 0.2) is 82.1 Å². The number of aromatic amines is 2. The number of rotatable bonds is 9. The fourth-order valence-corrected chi connectivity index (χ4v) is 12.2. The number of hydrogen-bond acceptors (Lipinski definition) is 12. The Balaban J connectivity index is 0.000000127. The summed E-state index contributed by atoms with van der Waals surface area (Å²) in [6.45, 7) is 7.59. The normalized spacial score (nSPS) is 23.1. The Hall–Kier alpha value is -6.93. The van der Waals surface area contributed by atoms with Gasteiger partial charge < -0.3 is 24.1 Å². The van der Waals surface area contributed by atoms with Gasteiger partial charge in [-0.2, -0.15) is 0 Å². The van der Waals surface area contributed by atoms with Crippen molar-refractivity contribution < 1.29 is 28.5 Å². The Kier molecular flexibility index (Phi) is 10.9. The summed E-state index contributed by atoms with van der Waals surface area (Å²) < 4.78 is 10.8. The average Bonchev–Trinajstić information content (AvgIpc) is 3.75. The fraction of sp³-hybridized carbons (Fsp3) is 0.411. The molecule has 14 rings (SSSR count). The number of hydrogen-bond donors (Lipinski definition) is 3. The number of nitrogens with one attached hydrogen (secondary N) is 2. The SMILES string of the molecule is Cc1noc(C)c1-c1cc(C(=O)c2ccccn2)c2nc(C3CC3)[nH]c2c1.Cc1noc(C)c1-c1cc(C(O)(c2ccccn2)C2C(=O)C3CCC2C3)c2nc(C3CC3)[nH]c2c1.O=C1CC2CCC1C2. The first kappa shape index (κ1) is 44.3. The number of nitrogens with zero attached hydrogens (tertiary/aromatic N) is 6. The molecule has 6 aliphatic carbocycles. The van der Waals surface area contributed by atoms with Crippen LogP contribution in [-0.2, 0) is 15.2 Å². The van der Waals surface area contributed by atoms with E-state index in [1.807, 2.05) is 70.2 Å². The van der Waals surface area contributed by atoms with Crippen LogP contribution in [0, 0.1) is 57.3 Å². The second-order valence-corrected chi connectivity index (χ2v) is 20.8. The molecule has 0 spiro atoms. The van der Waals surface area contributed by atoms with Crippen molar-refractivity contribution in [3.8, 4) is 22.3 Å². The summed E-state index contributed by atoms with van der Waals surface area (Å²) in [5.74, 6) is 5.72. The highest BCUT2D eigenvalue weighted by molar-refractivity contribution is 6.15. The van der Waals surface area contributed by atoms with Crippen molar-refractivity contribution in [2.45, 2.75) is 116 Å². The number of benzene rings is 2. The van der Waals surface area contributed by atoms with Gasteiger partial charge in [0, 0.05) is 59.2 Å². The Morgan fingerprint density at radius 2 is 1.27 bits per heavy atom. The number of aliphatic hydroxyl groups is 1. The van der Waals surface area contributed by atoms with E-state index in [9.17, 15) is 19.5 Å². The molecular formula is C56H56N8O6. The fourth-order valence-electron chi connectivity index (χ4n) is 12.2. The van der Waals surface area contributed by atoms with Gasteiger partial charge in [0.2, 0.25) is 5.78 Å². The van der Waals surface area contributed by atoms with Gasteiger partial charge in [0.1, 0.15) is 46.0 Å². The molecule has 356 valence electrons. The zero-order valence-corrected chi connectivity index (χ0v) is 39.9. The summed E-state index contributed by atoms with van der Waals surface area (Å²) in [4.78, 5) is 63.1. The summed E-state index contributed by atoms with van der Waals surface area (Å²) in [5.41, 5.74) is 8.80. The van der Waals surface area contributed by atoms with E-state index in [0.29, 0.717) is 62.8 Å². The second kappa shape index (κ2) is 17.2. The van der Waals surface area contributed by atoms with Gasteiger partial charge in [-0.15, -0.1) is 0 Å². The zero-order valence-electron chi connectivity index (χ0n) is 39.9. The topological polar surface area (TPSA) is 207 Å². The van der Waals surface area contributed by atoms with Gasteiger partial charge in [-0.05, 0) is 163 Å². The van der Waals surface area contributed by atoms with Crippen LogP contribution in [0.3, 0.4) is 0 Å². The van der Waals surface area contributed by atoms with Crippen LogP contribution in [0.1, 0.15) is 144 Å². The van der Waals surface area contributed by atoms with E-state index >= 15 is 0 Å². The molecule has 6 heterocycles. The van der Waals surface area contributed by atoms with Gasteiger partial charge in [-0.25, -0.2) is 9.97 Å². The third-order valence-electron chi connectivity index (χ3n) is 16.0. The predicted molar refractivity (Wildman–Crippen MR) is 261 cm³/mol. The Bertz CT molecular complexity index is 3300. The standard InChI is InChI=1S/C28H28N4O3.C21H18N4O2.C7H10O/c1-14-23(15(2)35-32-14)19-12-20(25-21(13-19)30-27(31-25)16-6-7-16)28(34,22-5-3-4-10-29-22)24-17-8-9-18(11-17)26(24)33;1-11-18(12(2)27-25-11)14-9-15(20(26)16-5-3-4-8-22-16)19-17(10-14)23-21(24-19)13-6-7-13;8-7-4-5-1-2-6(7)3-5/h3-5,10,12-13,16-18,24,34H,6-9,11H2,1-2H3,(H,30,31);3-5,8-10,13H,6-7H2,1-2H3,(H,23,24);5-6H,1-4H2. The summed E-state index contributed by atoms with van der Waals surface area (Å²) in [7, 11) is 0. The van der Waals surface area contributed by atoms with Crippen LogP contribution in [-0.4, -0.2) is 62.7 Å². The lowest BCUT2D eigenvalue weighted by molar-refractivity contribution is -0.134. The van der Waals surface area contributed by atoms with Gasteiger partial charge in [0.05, 0.1) is 50.6 Å². The lowest BCUT2D eigenvalue weighted by Gasteiger charge is -2.38. The van der Waals surface area contributed by atoms with E-state index in [0.717, 1.165) is 119 Å². The molecular weight excluding hydrogens is 881 g/mol. The van der Waals surface area contributed by atoms with Crippen LogP contribution >= 0.6 is 0 Å². The molecule has 6 aliphatic rings. The van der Waals surface area contributed by atoms with Crippen LogP contribution in [0.4, 0.5) is 0 Å². The number of pyridine rings is 2. The quantitative estimate of drug-likeness (QED) is 0.116. The third-order valence-corrected chi connectivity index (χ3v) is 16.0. The van der Waals surface area contributed by atoms with Crippen LogP contribution in [0.5, 0.6) is 0 Å². The number of carbonyl (C=O) groups is 3.